The summed E-state index contributed by atoms with van der Waals surface area (Å²) in [5, 5.41) is 2.57. The normalized spacial score (nSPS) is 11.6. The first kappa shape index (κ1) is 20.5. The number of nitrogens with zero attached hydrogens (tertiary/aromatic N) is 1. The van der Waals surface area contributed by atoms with Gasteiger partial charge in [-0.3, -0.25) is 25.2 Å². The van der Waals surface area contributed by atoms with Gasteiger partial charge in [-0.25, -0.2) is 0 Å². The molecule has 0 unspecified atom stereocenters. The topological polar surface area (TPSA) is 90.5 Å². The predicted octanol–water partition coefficient (Wildman–Crippen LogP) is 1.45. The number of carbonyl (C=O) groups excluding carboxylic acids is 3. The van der Waals surface area contributed by atoms with Gasteiger partial charge in [0.15, 0.2) is 0 Å². The number of nitrogens with one attached hydrogen (secondary N) is 3. The second-order valence-corrected chi connectivity index (χ2v) is 6.08. The van der Waals surface area contributed by atoms with Gasteiger partial charge < -0.3 is 10.2 Å². The van der Waals surface area contributed by atoms with Crippen molar-refractivity contribution in [3.05, 3.63) is 29.8 Å². The lowest BCUT2D eigenvalue weighted by molar-refractivity contribution is -0.129. The highest BCUT2D eigenvalue weighted by atomic mass is 16.2. The molecule has 0 aliphatic heterocycles. The van der Waals surface area contributed by atoms with E-state index in [-0.39, 0.29) is 11.8 Å². The van der Waals surface area contributed by atoms with Crippen LogP contribution < -0.4 is 21.1 Å². The van der Waals surface area contributed by atoms with Crippen molar-refractivity contribution in [1.82, 2.24) is 16.2 Å². The number of carbonyl (C=O) groups is 3. The Morgan fingerprint density at radius 2 is 1.56 bits per heavy atom. The van der Waals surface area contributed by atoms with Crippen molar-refractivity contribution in [2.24, 2.45) is 5.92 Å². The Hall–Kier alpha value is -2.57. The number of anilines is 1. The zero-order chi connectivity index (χ0) is 19.0. The van der Waals surface area contributed by atoms with Crippen molar-refractivity contribution in [2.75, 3.05) is 18.0 Å². The maximum atomic E-state index is 12.2. The molecule has 0 radical (unpaired) electrons. The zero-order valence-electron chi connectivity index (χ0n) is 15.6. The highest BCUT2D eigenvalue weighted by molar-refractivity contribution is 5.96. The molecule has 7 nitrogen and oxygen atoms in total. The van der Waals surface area contributed by atoms with Crippen molar-refractivity contribution < 1.29 is 14.4 Å². The maximum Gasteiger partial charge on any atom is 0.269 e. The maximum absolute atomic E-state index is 12.2. The highest BCUT2D eigenvalue weighted by Gasteiger charge is 2.23. The fourth-order valence-electron chi connectivity index (χ4n) is 2.43. The number of amides is 3. The van der Waals surface area contributed by atoms with Gasteiger partial charge in [0.25, 0.3) is 11.8 Å². The third-order valence-corrected chi connectivity index (χ3v) is 3.87. The number of rotatable bonds is 7. The molecule has 0 fully saturated rings. The standard InChI is InChI=1S/C18H28N4O3/c1-6-22(7-2)15-10-8-14(9-11-15)17(24)20-21-18(25)16(12(3)4)19-13(5)23/h8-12,16H,6-7H2,1-5H3,(H,19,23)(H,20,24)(H,21,25)/t16-/m0/s1. The first-order valence-corrected chi connectivity index (χ1v) is 8.52. The van der Waals surface area contributed by atoms with E-state index in [1.165, 1.54) is 6.92 Å². The molecular weight excluding hydrogens is 320 g/mol. The summed E-state index contributed by atoms with van der Waals surface area (Å²) in [6.45, 7) is 10.9. The second kappa shape index (κ2) is 9.66. The number of hydrogen-bond acceptors (Lipinski definition) is 4. The quantitative estimate of drug-likeness (QED) is 0.651. The number of hydrazine groups is 1. The van der Waals surface area contributed by atoms with E-state index in [4.69, 9.17) is 0 Å². The highest BCUT2D eigenvalue weighted by Crippen LogP contribution is 2.14. The van der Waals surface area contributed by atoms with Gasteiger partial charge in [-0.1, -0.05) is 13.8 Å². The van der Waals surface area contributed by atoms with E-state index in [0.717, 1.165) is 18.8 Å². The lowest BCUT2D eigenvalue weighted by atomic mass is 10.0. The third kappa shape index (κ3) is 6.10. The molecule has 7 heteroatoms. The van der Waals surface area contributed by atoms with E-state index in [2.05, 4.69) is 34.9 Å². The molecule has 3 N–H and O–H groups in total. The first-order chi connectivity index (χ1) is 11.8. The molecule has 138 valence electrons. The molecule has 1 aromatic rings. The molecule has 0 saturated carbocycles. The summed E-state index contributed by atoms with van der Waals surface area (Å²) < 4.78 is 0. The molecule has 0 heterocycles. The van der Waals surface area contributed by atoms with Crippen LogP contribution in [-0.2, 0) is 9.59 Å². The Bertz CT molecular complexity index is 595. The number of hydrogen-bond donors (Lipinski definition) is 3. The summed E-state index contributed by atoms with van der Waals surface area (Å²) in [5.41, 5.74) is 6.22. The third-order valence-electron chi connectivity index (χ3n) is 3.87. The summed E-state index contributed by atoms with van der Waals surface area (Å²) >= 11 is 0. The van der Waals surface area contributed by atoms with E-state index in [0.29, 0.717) is 5.56 Å². The summed E-state index contributed by atoms with van der Waals surface area (Å²) in [6.07, 6.45) is 0. The van der Waals surface area contributed by atoms with Gasteiger partial charge in [0.2, 0.25) is 5.91 Å². The van der Waals surface area contributed by atoms with E-state index < -0.39 is 17.9 Å². The summed E-state index contributed by atoms with van der Waals surface area (Å²) in [6, 6.07) is 6.46. The fraction of sp³-hybridized carbons (Fsp3) is 0.500. The Morgan fingerprint density at radius 3 is 2.00 bits per heavy atom. The van der Waals surface area contributed by atoms with Gasteiger partial charge in [0, 0.05) is 31.3 Å². The molecule has 0 aliphatic carbocycles. The SMILES string of the molecule is CCN(CC)c1ccc(C(=O)NNC(=O)[C@@H](NC(C)=O)C(C)C)cc1. The Balaban J connectivity index is 2.66. The van der Waals surface area contributed by atoms with Crippen molar-refractivity contribution in [2.45, 2.75) is 40.7 Å². The Morgan fingerprint density at radius 1 is 1.00 bits per heavy atom. The molecule has 1 atom stereocenters. The van der Waals surface area contributed by atoms with Crippen LogP contribution in [0.5, 0.6) is 0 Å². The van der Waals surface area contributed by atoms with Crippen LogP contribution in [0.2, 0.25) is 0 Å². The lowest BCUT2D eigenvalue weighted by Crippen LogP contribution is -2.54. The van der Waals surface area contributed by atoms with Crippen LogP contribution in [0.25, 0.3) is 0 Å². The molecule has 25 heavy (non-hydrogen) atoms. The van der Waals surface area contributed by atoms with E-state index in [1.807, 2.05) is 26.0 Å². The smallest absolute Gasteiger partial charge is 0.269 e. The minimum Gasteiger partial charge on any atom is -0.372 e. The Labute approximate surface area is 149 Å². The lowest BCUT2D eigenvalue weighted by Gasteiger charge is -2.22. The van der Waals surface area contributed by atoms with E-state index >= 15 is 0 Å². The molecule has 1 aromatic carbocycles. The van der Waals surface area contributed by atoms with Crippen LogP contribution in [-0.4, -0.2) is 36.9 Å². The van der Waals surface area contributed by atoms with Crippen LogP contribution in [0.1, 0.15) is 45.0 Å². The average Bonchev–Trinajstić information content (AvgIpc) is 2.58. The van der Waals surface area contributed by atoms with Gasteiger partial charge in [0.05, 0.1) is 0 Å². The van der Waals surface area contributed by atoms with Crippen LogP contribution in [0.4, 0.5) is 5.69 Å². The van der Waals surface area contributed by atoms with E-state index in [9.17, 15) is 14.4 Å². The Kier molecular flexibility index (Phi) is 7.91. The van der Waals surface area contributed by atoms with Crippen molar-refractivity contribution in [3.8, 4) is 0 Å². The molecule has 1 rings (SSSR count). The van der Waals surface area contributed by atoms with Gasteiger partial charge in [0.1, 0.15) is 6.04 Å². The number of benzene rings is 1. The fourth-order valence-corrected chi connectivity index (χ4v) is 2.43. The van der Waals surface area contributed by atoms with Crippen molar-refractivity contribution >= 4 is 23.4 Å². The molecule has 0 saturated heterocycles. The second-order valence-electron chi connectivity index (χ2n) is 6.08. The van der Waals surface area contributed by atoms with Gasteiger partial charge in [-0.2, -0.15) is 0 Å². The van der Waals surface area contributed by atoms with E-state index in [1.54, 1.807) is 12.1 Å². The molecule has 0 aromatic heterocycles. The monoisotopic (exact) mass is 348 g/mol. The first-order valence-electron chi connectivity index (χ1n) is 8.52. The molecule has 3 amide bonds. The summed E-state index contributed by atoms with van der Waals surface area (Å²) in [7, 11) is 0. The van der Waals surface area contributed by atoms with Crippen molar-refractivity contribution in [3.63, 3.8) is 0 Å². The van der Waals surface area contributed by atoms with Gasteiger partial charge in [-0.15, -0.1) is 0 Å². The molecule has 0 aliphatic rings. The predicted molar refractivity (Wildman–Crippen MR) is 98.1 cm³/mol. The molecule has 0 bridgehead atoms. The largest absolute Gasteiger partial charge is 0.372 e. The van der Waals surface area contributed by atoms with Crippen LogP contribution in [0, 0.1) is 5.92 Å². The summed E-state index contributed by atoms with van der Waals surface area (Å²) in [4.78, 5) is 37.6. The van der Waals surface area contributed by atoms with Crippen LogP contribution in [0.15, 0.2) is 24.3 Å². The van der Waals surface area contributed by atoms with Crippen LogP contribution >= 0.6 is 0 Å². The molecule has 0 spiro atoms. The minimum atomic E-state index is -0.706. The van der Waals surface area contributed by atoms with Gasteiger partial charge >= 0.3 is 0 Å². The van der Waals surface area contributed by atoms with Gasteiger partial charge in [-0.05, 0) is 44.0 Å². The zero-order valence-corrected chi connectivity index (χ0v) is 15.6. The molecular formula is C18H28N4O3. The minimum absolute atomic E-state index is 0.103. The van der Waals surface area contributed by atoms with Crippen LogP contribution in [0.3, 0.4) is 0 Å². The summed E-state index contributed by atoms with van der Waals surface area (Å²) in [5.74, 6) is -1.27. The van der Waals surface area contributed by atoms with Crippen molar-refractivity contribution in [1.29, 1.82) is 0 Å². The average molecular weight is 348 g/mol.